The van der Waals surface area contributed by atoms with E-state index >= 15 is 0 Å². The van der Waals surface area contributed by atoms with Crippen LogP contribution in [0.3, 0.4) is 0 Å². The molecule has 12 heteroatoms. The van der Waals surface area contributed by atoms with Gasteiger partial charge in [0, 0.05) is 18.0 Å². The molecule has 1 aromatic carbocycles. The van der Waals surface area contributed by atoms with Gasteiger partial charge in [-0.1, -0.05) is 29.2 Å². The lowest BCUT2D eigenvalue weighted by Gasteiger charge is -2.13. The van der Waals surface area contributed by atoms with E-state index in [4.69, 9.17) is 21.6 Å². The first-order valence-electron chi connectivity index (χ1n) is 11.0. The van der Waals surface area contributed by atoms with Crippen LogP contribution in [0.2, 0.25) is 0 Å². The highest BCUT2D eigenvalue weighted by Crippen LogP contribution is 2.27. The zero-order valence-corrected chi connectivity index (χ0v) is 21.4. The minimum atomic E-state index is -0.416. The van der Waals surface area contributed by atoms with Crippen LogP contribution in [0.15, 0.2) is 92.3 Å². The monoisotopic (exact) mass is 549 g/mol. The molecule has 0 atom stereocenters. The third kappa shape index (κ3) is 4.43. The van der Waals surface area contributed by atoms with Crippen molar-refractivity contribution in [1.82, 2.24) is 23.5 Å². The number of nitrogens with zero attached hydrogens (tertiary/aromatic N) is 5. The molecule has 6 rings (SSSR count). The molecule has 8 nitrogen and oxygen atoms in total. The van der Waals surface area contributed by atoms with Gasteiger partial charge in [0.25, 0.3) is 11.1 Å². The molecular formula is C25H16FN5O3S3. The fourth-order valence-electron chi connectivity index (χ4n) is 3.90. The number of pyridine rings is 1. The standard InChI is InChI=1S/C25H16FN5O3S3/c26-15-6-8-17(9-7-15)31-23(33)21-22(30(25(35)37-21)13-18-4-3-11-34-18)28-24(31)36-14-16-12-20(32)29-10-2-1-5-19(29)27-16/h1-12H,13-14H2. The molecule has 0 bridgehead atoms. The minimum Gasteiger partial charge on any atom is -0.467 e. The van der Waals surface area contributed by atoms with Gasteiger partial charge in [-0.05, 0) is 60.7 Å². The lowest BCUT2D eigenvalue weighted by atomic mass is 10.3. The van der Waals surface area contributed by atoms with Crippen LogP contribution in [0.5, 0.6) is 0 Å². The molecule has 0 aliphatic heterocycles. The number of aromatic nitrogens is 5. The predicted octanol–water partition coefficient (Wildman–Crippen LogP) is 5.06. The number of halogens is 1. The summed E-state index contributed by atoms with van der Waals surface area (Å²) in [5.74, 6) is 0.541. The van der Waals surface area contributed by atoms with Crippen molar-refractivity contribution in [3.63, 3.8) is 0 Å². The van der Waals surface area contributed by atoms with Crippen molar-refractivity contribution in [2.45, 2.75) is 17.5 Å². The van der Waals surface area contributed by atoms with Gasteiger partial charge < -0.3 is 4.42 Å². The Morgan fingerprint density at radius 1 is 1.05 bits per heavy atom. The van der Waals surface area contributed by atoms with Crippen molar-refractivity contribution >= 4 is 51.3 Å². The molecule has 0 aliphatic carbocycles. The summed E-state index contributed by atoms with van der Waals surface area (Å²) in [6.07, 6.45) is 3.23. The molecule has 6 aromatic rings. The lowest BCUT2D eigenvalue weighted by molar-refractivity contribution is 0.495. The van der Waals surface area contributed by atoms with Gasteiger partial charge in [0.15, 0.2) is 14.8 Å². The molecule has 0 saturated heterocycles. The Labute approximate surface area is 221 Å². The summed E-state index contributed by atoms with van der Waals surface area (Å²) in [4.78, 5) is 35.6. The van der Waals surface area contributed by atoms with Gasteiger partial charge in [-0.15, -0.1) is 0 Å². The number of rotatable bonds is 6. The number of hydrogen-bond acceptors (Lipinski definition) is 8. The third-order valence-electron chi connectivity index (χ3n) is 5.61. The van der Waals surface area contributed by atoms with E-state index in [2.05, 4.69) is 4.98 Å². The summed E-state index contributed by atoms with van der Waals surface area (Å²) in [6.45, 7) is 0.325. The quantitative estimate of drug-likeness (QED) is 0.163. The first kappa shape index (κ1) is 23.5. The highest BCUT2D eigenvalue weighted by Gasteiger charge is 2.19. The summed E-state index contributed by atoms with van der Waals surface area (Å²) in [5.41, 5.74) is 1.44. The van der Waals surface area contributed by atoms with Crippen LogP contribution in [-0.2, 0) is 12.3 Å². The van der Waals surface area contributed by atoms with Gasteiger partial charge in [0.1, 0.15) is 21.9 Å². The Balaban J connectivity index is 1.49. The summed E-state index contributed by atoms with van der Waals surface area (Å²) in [6, 6.07) is 16.0. The highest BCUT2D eigenvalue weighted by atomic mass is 32.2. The highest BCUT2D eigenvalue weighted by molar-refractivity contribution is 7.98. The van der Waals surface area contributed by atoms with E-state index in [0.717, 1.165) is 0 Å². The molecule has 0 N–H and O–H groups in total. The van der Waals surface area contributed by atoms with E-state index in [9.17, 15) is 14.0 Å². The average Bonchev–Trinajstić information content (AvgIpc) is 3.52. The second-order valence-corrected chi connectivity index (χ2v) is 10.6. The van der Waals surface area contributed by atoms with Gasteiger partial charge in [-0.2, -0.15) is 0 Å². The molecule has 184 valence electrons. The van der Waals surface area contributed by atoms with Crippen LogP contribution in [0.1, 0.15) is 11.5 Å². The molecule has 0 saturated carbocycles. The maximum Gasteiger partial charge on any atom is 0.278 e. The summed E-state index contributed by atoms with van der Waals surface area (Å²) >= 11 is 7.97. The second-order valence-electron chi connectivity index (χ2n) is 8.00. The Morgan fingerprint density at radius 2 is 1.89 bits per heavy atom. The zero-order chi connectivity index (χ0) is 25.5. The van der Waals surface area contributed by atoms with Gasteiger partial charge in [-0.25, -0.2) is 14.4 Å². The lowest BCUT2D eigenvalue weighted by Crippen LogP contribution is -2.22. The molecule has 5 aromatic heterocycles. The molecule has 0 spiro atoms. The number of thiazole rings is 1. The van der Waals surface area contributed by atoms with Crippen molar-refractivity contribution in [2.75, 3.05) is 0 Å². The van der Waals surface area contributed by atoms with Crippen molar-refractivity contribution in [3.8, 4) is 5.69 Å². The fourth-order valence-corrected chi connectivity index (χ4v) is 6.06. The fraction of sp³-hybridized carbons (Fsp3) is 0.0800. The van der Waals surface area contributed by atoms with E-state index in [1.54, 1.807) is 41.3 Å². The van der Waals surface area contributed by atoms with E-state index in [-0.39, 0.29) is 16.9 Å². The molecule has 0 amide bonds. The first-order valence-corrected chi connectivity index (χ1v) is 13.2. The minimum absolute atomic E-state index is 0.203. The van der Waals surface area contributed by atoms with E-state index in [1.165, 1.54) is 62.4 Å². The van der Waals surface area contributed by atoms with Crippen LogP contribution in [0.25, 0.3) is 21.7 Å². The average molecular weight is 550 g/mol. The van der Waals surface area contributed by atoms with Crippen LogP contribution in [0.4, 0.5) is 4.39 Å². The maximum absolute atomic E-state index is 13.7. The molecular weight excluding hydrogens is 534 g/mol. The molecule has 0 fully saturated rings. The van der Waals surface area contributed by atoms with Crippen LogP contribution in [0, 0.1) is 9.77 Å². The number of fused-ring (bicyclic) bond motifs is 2. The smallest absolute Gasteiger partial charge is 0.278 e. The largest absolute Gasteiger partial charge is 0.467 e. The van der Waals surface area contributed by atoms with Gasteiger partial charge in [-0.3, -0.25) is 23.1 Å². The van der Waals surface area contributed by atoms with Crippen molar-refractivity contribution in [3.05, 3.63) is 115 Å². The predicted molar refractivity (Wildman–Crippen MR) is 143 cm³/mol. The summed E-state index contributed by atoms with van der Waals surface area (Å²) in [7, 11) is 0. The summed E-state index contributed by atoms with van der Waals surface area (Å²) < 4.78 is 24.6. The molecule has 0 radical (unpaired) electrons. The number of benzene rings is 1. The molecule has 37 heavy (non-hydrogen) atoms. The first-order chi connectivity index (χ1) is 18.0. The van der Waals surface area contributed by atoms with E-state index < -0.39 is 5.82 Å². The van der Waals surface area contributed by atoms with Crippen molar-refractivity contribution < 1.29 is 8.81 Å². The Hall–Kier alpha value is -3.87. The van der Waals surface area contributed by atoms with Gasteiger partial charge >= 0.3 is 0 Å². The molecule has 0 unspecified atom stereocenters. The third-order valence-corrected chi connectivity index (χ3v) is 8.01. The van der Waals surface area contributed by atoms with Gasteiger partial charge in [0.2, 0.25) is 0 Å². The Bertz CT molecular complexity index is 1940. The van der Waals surface area contributed by atoms with Gasteiger partial charge in [0.05, 0.1) is 24.2 Å². The Kier molecular flexibility index (Phi) is 6.07. The van der Waals surface area contributed by atoms with Crippen molar-refractivity contribution in [2.24, 2.45) is 0 Å². The van der Waals surface area contributed by atoms with E-state index in [1.807, 2.05) is 6.07 Å². The molecule has 5 heterocycles. The molecule has 0 aliphatic rings. The topological polar surface area (TPSA) is 87.3 Å². The zero-order valence-electron chi connectivity index (χ0n) is 18.9. The number of furan rings is 1. The van der Waals surface area contributed by atoms with Crippen LogP contribution >= 0.6 is 35.3 Å². The van der Waals surface area contributed by atoms with Crippen LogP contribution in [-0.4, -0.2) is 23.5 Å². The Morgan fingerprint density at radius 3 is 2.68 bits per heavy atom. The number of thioether (sulfide) groups is 1. The van der Waals surface area contributed by atoms with E-state index in [0.29, 0.717) is 48.8 Å². The number of hydrogen-bond donors (Lipinski definition) is 0. The summed E-state index contributed by atoms with van der Waals surface area (Å²) in [5, 5.41) is 0.361. The normalized spacial score (nSPS) is 11.5. The van der Waals surface area contributed by atoms with Crippen LogP contribution < -0.4 is 11.1 Å². The maximum atomic E-state index is 13.7. The SMILES string of the molecule is O=c1c2sc(=S)n(Cc3ccco3)c2nc(SCc2cc(=O)n3ccccc3n2)n1-c1ccc(F)cc1. The second kappa shape index (κ2) is 9.54. The van der Waals surface area contributed by atoms with Crippen molar-refractivity contribution in [1.29, 1.82) is 0 Å².